The number of aromatic nitrogens is 1. The van der Waals surface area contributed by atoms with Crippen molar-refractivity contribution >= 4 is 36.6 Å². The molecule has 3 aromatic carbocycles. The lowest BCUT2D eigenvalue weighted by molar-refractivity contribution is 0.0954. The third-order valence-corrected chi connectivity index (χ3v) is 7.05. The number of fused-ring (bicyclic) bond motifs is 1. The van der Waals surface area contributed by atoms with Crippen LogP contribution in [0, 0.1) is 0 Å². The number of rotatable bonds is 7. The van der Waals surface area contributed by atoms with Crippen molar-refractivity contribution in [2.75, 3.05) is 6.54 Å². The minimum atomic E-state index is -3.62. The lowest BCUT2D eigenvalue weighted by atomic mass is 10.1. The fraction of sp³-hybridized carbons (Fsp3) is 0.0800. The van der Waals surface area contributed by atoms with E-state index >= 15 is 0 Å². The molecule has 4 aromatic rings. The number of nitrogens with one attached hydrogen (secondary N) is 2. The smallest absolute Gasteiger partial charge is 0.394 e. The number of benzene rings is 3. The average Bonchev–Trinajstić information content (AvgIpc) is 3.22. The van der Waals surface area contributed by atoms with Crippen molar-refractivity contribution in [3.8, 4) is 0 Å². The summed E-state index contributed by atoms with van der Waals surface area (Å²) in [4.78, 5) is 36.4. The molecule has 1 heterocycles. The van der Waals surface area contributed by atoms with E-state index in [4.69, 9.17) is 0 Å². The highest BCUT2D eigenvalue weighted by molar-refractivity contribution is 6.83. The summed E-state index contributed by atoms with van der Waals surface area (Å²) in [6.07, 6.45) is 4.41. The molecule has 156 valence electrons. The van der Waals surface area contributed by atoms with E-state index in [1.807, 2.05) is 30.5 Å². The van der Waals surface area contributed by atoms with E-state index in [-0.39, 0.29) is 5.91 Å². The standard InChI is InChI=1S/C25H24N2O3Si/c28-25(26-16-14-21-18-27-24-9-5-4-8-23(21)24)20-12-10-19(11-13-20)15-17-31(29,30)22-6-2-1-3-7-22/h1-13,15,17-18,27,29-30H,14,16H2,(H,26,28)/b17-15+. The molecular formula is C25H24N2O3Si. The molecule has 6 heteroatoms. The molecule has 5 nitrogen and oxygen atoms in total. The molecule has 0 fully saturated rings. The van der Waals surface area contributed by atoms with E-state index in [1.54, 1.807) is 54.6 Å². The van der Waals surface area contributed by atoms with Crippen molar-refractivity contribution in [1.82, 2.24) is 10.3 Å². The maximum Gasteiger partial charge on any atom is 0.394 e. The Balaban J connectivity index is 1.34. The summed E-state index contributed by atoms with van der Waals surface area (Å²) in [6.45, 7) is 0.544. The van der Waals surface area contributed by atoms with Crippen LogP contribution < -0.4 is 10.5 Å². The highest BCUT2D eigenvalue weighted by Crippen LogP contribution is 2.17. The molecule has 1 aromatic heterocycles. The SMILES string of the molecule is O=C(NCCc1c[nH]c2ccccc12)c1ccc(/C=C/[Si](O)(O)c2ccccc2)cc1. The molecule has 0 atom stereocenters. The number of hydrogen-bond acceptors (Lipinski definition) is 3. The van der Waals surface area contributed by atoms with Gasteiger partial charge in [-0.2, -0.15) is 0 Å². The molecule has 31 heavy (non-hydrogen) atoms. The van der Waals surface area contributed by atoms with E-state index in [9.17, 15) is 14.4 Å². The van der Waals surface area contributed by atoms with Crippen LogP contribution in [0.2, 0.25) is 0 Å². The summed E-state index contributed by atoms with van der Waals surface area (Å²) in [5, 5.41) is 4.66. The lowest BCUT2D eigenvalue weighted by Gasteiger charge is -2.13. The predicted molar refractivity (Wildman–Crippen MR) is 126 cm³/mol. The molecule has 0 bridgehead atoms. The van der Waals surface area contributed by atoms with Gasteiger partial charge in [0.05, 0.1) is 0 Å². The topological polar surface area (TPSA) is 85.4 Å². The van der Waals surface area contributed by atoms with Crippen LogP contribution in [0.1, 0.15) is 21.5 Å². The molecular weight excluding hydrogens is 404 g/mol. The predicted octanol–water partition coefficient (Wildman–Crippen LogP) is 3.03. The van der Waals surface area contributed by atoms with Gasteiger partial charge < -0.3 is 19.9 Å². The Morgan fingerprint density at radius 3 is 2.42 bits per heavy atom. The largest absolute Gasteiger partial charge is 0.404 e. The minimum Gasteiger partial charge on any atom is -0.404 e. The molecule has 4 N–H and O–H groups in total. The molecule has 0 radical (unpaired) electrons. The van der Waals surface area contributed by atoms with E-state index < -0.39 is 8.56 Å². The minimum absolute atomic E-state index is 0.132. The zero-order valence-corrected chi connectivity index (χ0v) is 18.0. The normalized spacial score (nSPS) is 11.8. The second-order valence-electron chi connectivity index (χ2n) is 7.41. The maximum atomic E-state index is 12.4. The Hall–Kier alpha value is -3.45. The quantitative estimate of drug-likeness (QED) is 0.341. The first-order valence-electron chi connectivity index (χ1n) is 10.2. The number of carbonyl (C=O) groups is 1. The second-order valence-corrected chi connectivity index (χ2v) is 9.78. The zero-order valence-electron chi connectivity index (χ0n) is 17.0. The highest BCUT2D eigenvalue weighted by Gasteiger charge is 2.28. The van der Waals surface area contributed by atoms with E-state index in [0.29, 0.717) is 17.3 Å². The molecule has 0 saturated heterocycles. The van der Waals surface area contributed by atoms with Gasteiger partial charge in [0.2, 0.25) is 0 Å². The third-order valence-electron chi connectivity index (χ3n) is 5.23. The monoisotopic (exact) mass is 428 g/mol. The number of hydrogen-bond donors (Lipinski definition) is 4. The van der Waals surface area contributed by atoms with Crippen LogP contribution in [-0.4, -0.2) is 35.6 Å². The molecule has 0 spiro atoms. The molecule has 0 unspecified atom stereocenters. The second kappa shape index (κ2) is 9.14. The molecule has 0 aliphatic rings. The molecule has 0 saturated carbocycles. The first-order valence-corrected chi connectivity index (χ1v) is 12.1. The van der Waals surface area contributed by atoms with E-state index in [2.05, 4.69) is 16.4 Å². The first kappa shape index (κ1) is 20.8. The van der Waals surface area contributed by atoms with Crippen molar-refractivity contribution in [2.24, 2.45) is 0 Å². The Morgan fingerprint density at radius 1 is 0.935 bits per heavy atom. The van der Waals surface area contributed by atoms with Crippen molar-refractivity contribution in [1.29, 1.82) is 0 Å². The number of amides is 1. The van der Waals surface area contributed by atoms with Crippen molar-refractivity contribution in [3.63, 3.8) is 0 Å². The van der Waals surface area contributed by atoms with Gasteiger partial charge in [0.1, 0.15) is 0 Å². The molecule has 1 amide bonds. The van der Waals surface area contributed by atoms with Crippen LogP contribution in [0.3, 0.4) is 0 Å². The number of H-pyrrole nitrogens is 1. The van der Waals surface area contributed by atoms with Gasteiger partial charge in [-0.1, -0.05) is 66.7 Å². The number of carbonyl (C=O) groups excluding carboxylic acids is 1. The van der Waals surface area contributed by atoms with Gasteiger partial charge in [0.15, 0.2) is 0 Å². The van der Waals surface area contributed by atoms with Gasteiger partial charge >= 0.3 is 8.56 Å². The highest BCUT2D eigenvalue weighted by atomic mass is 28.4. The maximum absolute atomic E-state index is 12.4. The van der Waals surface area contributed by atoms with Crippen LogP contribution in [0.5, 0.6) is 0 Å². The summed E-state index contributed by atoms with van der Waals surface area (Å²) < 4.78 is 0. The van der Waals surface area contributed by atoms with Crippen molar-refractivity contribution in [2.45, 2.75) is 6.42 Å². The van der Waals surface area contributed by atoms with Gasteiger partial charge in [-0.25, -0.2) is 0 Å². The van der Waals surface area contributed by atoms with Crippen LogP contribution in [0.4, 0.5) is 0 Å². The van der Waals surface area contributed by atoms with Crippen LogP contribution in [-0.2, 0) is 6.42 Å². The van der Waals surface area contributed by atoms with Gasteiger partial charge in [-0.15, -0.1) is 0 Å². The Bertz CT molecular complexity index is 1200. The van der Waals surface area contributed by atoms with Gasteiger partial charge in [0.25, 0.3) is 5.91 Å². The summed E-state index contributed by atoms with van der Waals surface area (Å²) in [7, 11) is -3.62. The molecule has 0 aliphatic heterocycles. The summed E-state index contributed by atoms with van der Waals surface area (Å²) >= 11 is 0. The molecule has 4 rings (SSSR count). The first-order chi connectivity index (χ1) is 15.0. The Kier molecular flexibility index (Phi) is 6.13. The van der Waals surface area contributed by atoms with Crippen molar-refractivity contribution in [3.05, 3.63) is 107 Å². The van der Waals surface area contributed by atoms with E-state index in [1.165, 1.54) is 16.6 Å². The number of aromatic amines is 1. The van der Waals surface area contributed by atoms with Gasteiger partial charge in [0, 0.05) is 29.2 Å². The fourth-order valence-corrected chi connectivity index (χ4v) is 4.79. The van der Waals surface area contributed by atoms with Crippen LogP contribution in [0.15, 0.2) is 90.8 Å². The summed E-state index contributed by atoms with van der Waals surface area (Å²) in [5.74, 6) is -0.132. The van der Waals surface area contributed by atoms with E-state index in [0.717, 1.165) is 17.5 Å². The summed E-state index contributed by atoms with van der Waals surface area (Å²) in [6, 6.07) is 24.0. The fourth-order valence-electron chi connectivity index (χ4n) is 3.49. The van der Waals surface area contributed by atoms with Crippen LogP contribution >= 0.6 is 0 Å². The lowest BCUT2D eigenvalue weighted by Crippen LogP contribution is -2.46. The average molecular weight is 429 g/mol. The molecule has 0 aliphatic carbocycles. The van der Waals surface area contributed by atoms with Crippen LogP contribution in [0.25, 0.3) is 17.0 Å². The van der Waals surface area contributed by atoms with Crippen molar-refractivity contribution < 1.29 is 14.4 Å². The third kappa shape index (κ3) is 5.00. The number of para-hydroxylation sites is 1. The summed E-state index contributed by atoms with van der Waals surface area (Å²) in [5.41, 5.74) is 5.09. The Morgan fingerprint density at radius 2 is 1.65 bits per heavy atom. The Labute approximate surface area is 181 Å². The zero-order chi connectivity index (χ0) is 21.7. The van der Waals surface area contributed by atoms with Gasteiger partial charge in [-0.3, -0.25) is 4.79 Å². The van der Waals surface area contributed by atoms with Gasteiger partial charge in [-0.05, 0) is 46.6 Å².